The largest absolute Gasteiger partial charge is 0.486 e. The molecule has 2 amide bonds. The van der Waals surface area contributed by atoms with Gasteiger partial charge in [-0.05, 0) is 24.6 Å². The number of nitrogens with one attached hydrogen (secondary N) is 2. The highest BCUT2D eigenvalue weighted by atomic mass is 35.5. The van der Waals surface area contributed by atoms with Crippen LogP contribution in [0.15, 0.2) is 12.1 Å². The van der Waals surface area contributed by atoms with Crippen molar-refractivity contribution < 1.29 is 23.8 Å². The molecule has 21 heavy (non-hydrogen) atoms. The first-order chi connectivity index (χ1) is 10.1. The standard InChI is InChI=1S/C13H15ClN2O5/c1-2-19-13(18)16-15-11(17)7-8-5-9(14)12-10(6-8)20-3-4-21-12/h5-6H,2-4,7H2,1H3,(H,15,17)(H,16,18). The molecule has 0 saturated heterocycles. The van der Waals surface area contributed by atoms with Crippen LogP contribution in [0.4, 0.5) is 4.79 Å². The summed E-state index contributed by atoms with van der Waals surface area (Å²) in [5.41, 5.74) is 5.01. The van der Waals surface area contributed by atoms with Crippen LogP contribution in [-0.2, 0) is 16.0 Å². The number of benzene rings is 1. The Hall–Kier alpha value is -2.15. The lowest BCUT2D eigenvalue weighted by atomic mass is 10.1. The number of hydrogen-bond acceptors (Lipinski definition) is 5. The molecule has 7 nitrogen and oxygen atoms in total. The maximum atomic E-state index is 11.7. The maximum Gasteiger partial charge on any atom is 0.426 e. The molecule has 2 N–H and O–H groups in total. The lowest BCUT2D eigenvalue weighted by Gasteiger charge is -2.20. The highest BCUT2D eigenvalue weighted by Gasteiger charge is 2.17. The third-order valence-corrected chi connectivity index (χ3v) is 2.88. The predicted molar refractivity (Wildman–Crippen MR) is 74.4 cm³/mol. The van der Waals surface area contributed by atoms with E-state index in [0.717, 1.165) is 0 Å². The van der Waals surface area contributed by atoms with E-state index in [9.17, 15) is 9.59 Å². The van der Waals surface area contributed by atoms with Crippen LogP contribution in [0.3, 0.4) is 0 Å². The molecule has 1 aromatic rings. The molecule has 0 aromatic heterocycles. The highest BCUT2D eigenvalue weighted by Crippen LogP contribution is 2.38. The molecule has 2 rings (SSSR count). The van der Waals surface area contributed by atoms with E-state index in [4.69, 9.17) is 21.1 Å². The van der Waals surface area contributed by atoms with Gasteiger partial charge in [-0.1, -0.05) is 11.6 Å². The van der Waals surface area contributed by atoms with Crippen LogP contribution >= 0.6 is 11.6 Å². The van der Waals surface area contributed by atoms with Crippen molar-refractivity contribution >= 4 is 23.6 Å². The summed E-state index contributed by atoms with van der Waals surface area (Å²) in [4.78, 5) is 22.7. The first kappa shape index (κ1) is 15.2. The van der Waals surface area contributed by atoms with Gasteiger partial charge in [0.25, 0.3) is 0 Å². The topological polar surface area (TPSA) is 85.9 Å². The van der Waals surface area contributed by atoms with Gasteiger partial charge in [-0.15, -0.1) is 0 Å². The Balaban J connectivity index is 1.95. The van der Waals surface area contributed by atoms with Gasteiger partial charge in [-0.3, -0.25) is 10.2 Å². The first-order valence-electron chi connectivity index (χ1n) is 6.39. The molecule has 0 fully saturated rings. The Labute approximate surface area is 126 Å². The van der Waals surface area contributed by atoms with E-state index in [2.05, 4.69) is 15.6 Å². The number of carbonyl (C=O) groups excluding carboxylic acids is 2. The summed E-state index contributed by atoms with van der Waals surface area (Å²) in [6.07, 6.45) is -0.686. The molecule has 8 heteroatoms. The molecule has 0 aliphatic carbocycles. The van der Waals surface area contributed by atoms with Gasteiger partial charge in [0.05, 0.1) is 18.1 Å². The van der Waals surface area contributed by atoms with Crippen LogP contribution in [-0.4, -0.2) is 31.8 Å². The molecule has 1 aromatic carbocycles. The van der Waals surface area contributed by atoms with Crippen molar-refractivity contribution in [2.45, 2.75) is 13.3 Å². The number of fused-ring (bicyclic) bond motifs is 1. The Morgan fingerprint density at radius 3 is 2.81 bits per heavy atom. The third-order valence-electron chi connectivity index (χ3n) is 2.60. The average molecular weight is 315 g/mol. The normalized spacial score (nSPS) is 12.5. The number of hydrazine groups is 1. The second kappa shape index (κ2) is 7.03. The van der Waals surface area contributed by atoms with Gasteiger partial charge in [0.2, 0.25) is 5.91 Å². The minimum atomic E-state index is -0.717. The van der Waals surface area contributed by atoms with E-state index in [1.807, 2.05) is 0 Å². The minimum Gasteiger partial charge on any atom is -0.486 e. The molecular weight excluding hydrogens is 300 g/mol. The van der Waals surface area contributed by atoms with Crippen molar-refractivity contribution in [3.63, 3.8) is 0 Å². The number of hydrogen-bond donors (Lipinski definition) is 2. The molecular formula is C13H15ClN2O5. The van der Waals surface area contributed by atoms with Crippen molar-refractivity contribution in [1.82, 2.24) is 10.9 Å². The molecule has 1 heterocycles. The summed E-state index contributed by atoms with van der Waals surface area (Å²) in [5, 5.41) is 0.383. The van der Waals surface area contributed by atoms with E-state index in [0.29, 0.717) is 35.3 Å². The highest BCUT2D eigenvalue weighted by molar-refractivity contribution is 6.32. The van der Waals surface area contributed by atoms with E-state index in [1.165, 1.54) is 0 Å². The van der Waals surface area contributed by atoms with Gasteiger partial charge in [-0.25, -0.2) is 10.2 Å². The SMILES string of the molecule is CCOC(=O)NNC(=O)Cc1cc(Cl)c2c(c1)OCCO2. The molecule has 0 bridgehead atoms. The first-order valence-corrected chi connectivity index (χ1v) is 6.77. The fourth-order valence-electron chi connectivity index (χ4n) is 1.78. The average Bonchev–Trinajstić information content (AvgIpc) is 2.45. The van der Waals surface area contributed by atoms with Crippen LogP contribution in [0.2, 0.25) is 5.02 Å². The molecule has 0 atom stereocenters. The molecule has 114 valence electrons. The Bertz CT molecular complexity index is 550. The lowest BCUT2D eigenvalue weighted by Crippen LogP contribution is -2.42. The van der Waals surface area contributed by atoms with Gasteiger partial charge < -0.3 is 14.2 Å². The van der Waals surface area contributed by atoms with E-state index < -0.39 is 12.0 Å². The van der Waals surface area contributed by atoms with Crippen molar-refractivity contribution in [3.8, 4) is 11.5 Å². The number of halogens is 1. The van der Waals surface area contributed by atoms with E-state index >= 15 is 0 Å². The predicted octanol–water partition coefficient (Wildman–Crippen LogP) is 1.43. The minimum absolute atomic E-state index is 0.0305. The fraction of sp³-hybridized carbons (Fsp3) is 0.385. The lowest BCUT2D eigenvalue weighted by molar-refractivity contribution is -0.121. The van der Waals surface area contributed by atoms with Crippen LogP contribution in [0.5, 0.6) is 11.5 Å². The molecule has 1 aliphatic rings. The third kappa shape index (κ3) is 4.16. The summed E-state index contributed by atoms with van der Waals surface area (Å²) in [5.74, 6) is 0.586. The Morgan fingerprint density at radius 2 is 2.05 bits per heavy atom. The van der Waals surface area contributed by atoms with Gasteiger partial charge in [-0.2, -0.15) is 0 Å². The summed E-state index contributed by atoms with van der Waals surface area (Å²) in [7, 11) is 0. The van der Waals surface area contributed by atoms with Gasteiger partial charge >= 0.3 is 6.09 Å². The smallest absolute Gasteiger partial charge is 0.426 e. The molecule has 0 spiro atoms. The zero-order valence-electron chi connectivity index (χ0n) is 11.4. The van der Waals surface area contributed by atoms with Crippen molar-refractivity contribution in [3.05, 3.63) is 22.7 Å². The second-order valence-electron chi connectivity index (χ2n) is 4.17. The maximum absolute atomic E-state index is 11.7. The number of carbonyl (C=O) groups is 2. The van der Waals surface area contributed by atoms with Crippen LogP contribution < -0.4 is 20.3 Å². The van der Waals surface area contributed by atoms with E-state index in [1.54, 1.807) is 19.1 Å². The zero-order valence-corrected chi connectivity index (χ0v) is 12.2. The molecule has 0 unspecified atom stereocenters. The second-order valence-corrected chi connectivity index (χ2v) is 4.58. The van der Waals surface area contributed by atoms with Crippen molar-refractivity contribution in [1.29, 1.82) is 0 Å². The summed E-state index contributed by atoms with van der Waals surface area (Å²) in [6.45, 7) is 2.76. The summed E-state index contributed by atoms with van der Waals surface area (Å²) in [6, 6.07) is 3.31. The molecule has 0 radical (unpaired) electrons. The van der Waals surface area contributed by atoms with Crippen molar-refractivity contribution in [2.75, 3.05) is 19.8 Å². The Kier molecular flexibility index (Phi) is 5.10. The monoisotopic (exact) mass is 314 g/mol. The van der Waals surface area contributed by atoms with Crippen LogP contribution in [0, 0.1) is 0 Å². The van der Waals surface area contributed by atoms with Crippen molar-refractivity contribution in [2.24, 2.45) is 0 Å². The van der Waals surface area contributed by atoms with E-state index in [-0.39, 0.29) is 13.0 Å². The number of rotatable bonds is 3. The summed E-state index contributed by atoms with van der Waals surface area (Å²) >= 11 is 6.07. The quantitative estimate of drug-likeness (QED) is 0.824. The Morgan fingerprint density at radius 1 is 1.29 bits per heavy atom. The number of amides is 2. The zero-order chi connectivity index (χ0) is 15.2. The fourth-order valence-corrected chi connectivity index (χ4v) is 2.07. The molecule has 0 saturated carbocycles. The van der Waals surface area contributed by atoms with Gasteiger partial charge in [0.15, 0.2) is 11.5 Å². The van der Waals surface area contributed by atoms with Crippen LogP contribution in [0.1, 0.15) is 12.5 Å². The van der Waals surface area contributed by atoms with Crippen LogP contribution in [0.25, 0.3) is 0 Å². The van der Waals surface area contributed by atoms with Gasteiger partial charge in [0, 0.05) is 0 Å². The number of ether oxygens (including phenoxy) is 3. The van der Waals surface area contributed by atoms with Gasteiger partial charge in [0.1, 0.15) is 13.2 Å². The molecule has 1 aliphatic heterocycles. The summed E-state index contributed by atoms with van der Waals surface area (Å²) < 4.78 is 15.4.